The number of fused-ring (bicyclic) bond motifs is 1. The van der Waals surface area contributed by atoms with Gasteiger partial charge in [-0.05, 0) is 42.7 Å². The average Bonchev–Trinajstić information content (AvgIpc) is 3.31. The van der Waals surface area contributed by atoms with Gasteiger partial charge in [-0.3, -0.25) is 14.2 Å². The summed E-state index contributed by atoms with van der Waals surface area (Å²) in [6.07, 6.45) is 4.12. The molecule has 1 aliphatic rings. The first kappa shape index (κ1) is 23.4. The van der Waals surface area contributed by atoms with Crippen LogP contribution in [0.4, 0.5) is 5.69 Å². The van der Waals surface area contributed by atoms with Gasteiger partial charge in [0.15, 0.2) is 5.16 Å². The number of anilines is 1. The number of benzene rings is 2. The van der Waals surface area contributed by atoms with Gasteiger partial charge in [0.2, 0.25) is 5.91 Å². The van der Waals surface area contributed by atoms with Crippen molar-refractivity contribution in [3.05, 3.63) is 70.1 Å². The number of aromatic nitrogens is 2. The normalized spacial score (nSPS) is 12.4. The van der Waals surface area contributed by atoms with Crippen LogP contribution < -0.4 is 15.6 Å². The van der Waals surface area contributed by atoms with Crippen molar-refractivity contribution >= 4 is 35.1 Å². The molecule has 8 heteroatoms. The van der Waals surface area contributed by atoms with Crippen LogP contribution in [-0.4, -0.2) is 34.1 Å². The van der Waals surface area contributed by atoms with Crippen LogP contribution in [0.5, 0.6) is 5.75 Å². The second-order valence-electron chi connectivity index (χ2n) is 7.75. The van der Waals surface area contributed by atoms with E-state index in [-0.39, 0.29) is 17.2 Å². The summed E-state index contributed by atoms with van der Waals surface area (Å²) in [5, 5.41) is 3.45. The third-order valence-electron chi connectivity index (χ3n) is 5.37. The minimum absolute atomic E-state index is 0.0960. The predicted octanol–water partition coefficient (Wildman–Crippen LogP) is 4.96. The van der Waals surface area contributed by atoms with Gasteiger partial charge in [-0.2, -0.15) is 0 Å². The molecule has 6 nitrogen and oxygen atoms in total. The lowest BCUT2D eigenvalue weighted by atomic mass is 10.1. The number of aryl methyl sites for hydroxylation is 2. The number of rotatable bonds is 9. The molecule has 2 aromatic carbocycles. The molecule has 4 rings (SSSR count). The Balaban J connectivity index is 1.52. The van der Waals surface area contributed by atoms with Crippen LogP contribution >= 0.6 is 23.5 Å². The molecule has 33 heavy (non-hydrogen) atoms. The van der Waals surface area contributed by atoms with Gasteiger partial charge in [0.05, 0.1) is 29.1 Å². The maximum absolute atomic E-state index is 13.3. The zero-order chi connectivity index (χ0) is 23.2. The molecule has 0 saturated carbocycles. The maximum Gasteiger partial charge on any atom is 0.272 e. The molecule has 0 fully saturated rings. The molecule has 172 valence electrons. The number of ether oxygens (including phenoxy) is 1. The third-order valence-corrected chi connectivity index (χ3v) is 7.41. The number of carbonyl (C=O) groups is 1. The lowest BCUT2D eigenvalue weighted by Crippen LogP contribution is -2.24. The molecule has 0 unspecified atom stereocenters. The van der Waals surface area contributed by atoms with Crippen LogP contribution in [0.15, 0.2) is 63.4 Å². The molecular formula is C25H27N3O3S2. The van der Waals surface area contributed by atoms with E-state index in [4.69, 9.17) is 9.72 Å². The Morgan fingerprint density at radius 2 is 2.06 bits per heavy atom. The second-order valence-corrected chi connectivity index (χ2v) is 9.80. The summed E-state index contributed by atoms with van der Waals surface area (Å²) >= 11 is 2.81. The van der Waals surface area contributed by atoms with E-state index >= 15 is 0 Å². The van der Waals surface area contributed by atoms with E-state index in [9.17, 15) is 9.59 Å². The number of hydrogen-bond acceptors (Lipinski definition) is 6. The molecular weight excluding hydrogens is 454 g/mol. The Labute approximate surface area is 202 Å². The topological polar surface area (TPSA) is 73.2 Å². The second kappa shape index (κ2) is 10.9. The third kappa shape index (κ3) is 5.62. The summed E-state index contributed by atoms with van der Waals surface area (Å²) in [5.74, 6) is 1.52. The highest BCUT2D eigenvalue weighted by Crippen LogP contribution is 2.30. The molecule has 1 N–H and O–H groups in total. The number of methoxy groups -OCH3 is 1. The highest BCUT2D eigenvalue weighted by molar-refractivity contribution is 8.00. The number of unbranched alkanes of at least 4 members (excludes halogenated alkanes) is 1. The van der Waals surface area contributed by atoms with Gasteiger partial charge < -0.3 is 10.1 Å². The largest absolute Gasteiger partial charge is 0.497 e. The van der Waals surface area contributed by atoms with Crippen molar-refractivity contribution in [1.82, 2.24) is 9.55 Å². The number of amides is 1. The molecule has 1 amide bonds. The Hall–Kier alpha value is -2.71. The fourth-order valence-corrected chi connectivity index (χ4v) is 5.48. The average molecular weight is 482 g/mol. The van der Waals surface area contributed by atoms with Crippen molar-refractivity contribution in [1.29, 1.82) is 0 Å². The standard InChI is InChI=1S/C25H27N3O3S2/c1-3-4-6-17-9-11-18(12-10-17)26-22(29)16-33-25-27-21-13-14-32-23(21)24(30)28(25)19-7-5-8-20(15-19)31-2/h5,7-12,15H,3-4,6,13-14,16H2,1-2H3,(H,26,29). The molecule has 0 aliphatic carbocycles. The molecule has 0 radical (unpaired) electrons. The lowest BCUT2D eigenvalue weighted by Gasteiger charge is -2.14. The van der Waals surface area contributed by atoms with E-state index in [0.29, 0.717) is 21.5 Å². The zero-order valence-corrected chi connectivity index (χ0v) is 20.4. The first-order chi connectivity index (χ1) is 16.1. The number of thioether (sulfide) groups is 2. The van der Waals surface area contributed by atoms with Gasteiger partial charge in [0.1, 0.15) is 5.75 Å². The van der Waals surface area contributed by atoms with Gasteiger partial charge in [-0.25, -0.2) is 4.98 Å². The Kier molecular flexibility index (Phi) is 7.77. The van der Waals surface area contributed by atoms with Crippen LogP contribution in [0.25, 0.3) is 5.69 Å². The summed E-state index contributed by atoms with van der Waals surface area (Å²) in [7, 11) is 1.59. The van der Waals surface area contributed by atoms with Crippen molar-refractivity contribution in [2.75, 3.05) is 23.9 Å². The van der Waals surface area contributed by atoms with Crippen LogP contribution in [0.3, 0.4) is 0 Å². The van der Waals surface area contributed by atoms with Crippen molar-refractivity contribution in [2.24, 2.45) is 0 Å². The van der Waals surface area contributed by atoms with E-state index < -0.39 is 0 Å². The summed E-state index contributed by atoms with van der Waals surface area (Å²) in [5.41, 5.74) is 3.43. The fourth-order valence-electron chi connectivity index (χ4n) is 3.63. The molecule has 0 spiro atoms. The van der Waals surface area contributed by atoms with Crippen molar-refractivity contribution < 1.29 is 9.53 Å². The van der Waals surface area contributed by atoms with Gasteiger partial charge in [-0.1, -0.05) is 43.3 Å². The maximum atomic E-state index is 13.3. The molecule has 0 bridgehead atoms. The zero-order valence-electron chi connectivity index (χ0n) is 18.8. The van der Waals surface area contributed by atoms with Crippen molar-refractivity contribution in [3.8, 4) is 11.4 Å². The van der Waals surface area contributed by atoms with Crippen LogP contribution in [0.2, 0.25) is 0 Å². The minimum Gasteiger partial charge on any atom is -0.497 e. The number of nitrogens with one attached hydrogen (secondary N) is 1. The monoisotopic (exact) mass is 481 g/mol. The summed E-state index contributed by atoms with van der Waals surface area (Å²) in [6, 6.07) is 15.3. The molecule has 0 saturated heterocycles. The molecule has 3 aromatic rings. The summed E-state index contributed by atoms with van der Waals surface area (Å²) in [4.78, 5) is 31.3. The van der Waals surface area contributed by atoms with Gasteiger partial charge in [0.25, 0.3) is 5.56 Å². The molecule has 1 aliphatic heterocycles. The van der Waals surface area contributed by atoms with Gasteiger partial charge in [0, 0.05) is 23.9 Å². The molecule has 0 atom stereocenters. The van der Waals surface area contributed by atoms with E-state index in [1.807, 2.05) is 30.3 Å². The van der Waals surface area contributed by atoms with E-state index in [1.54, 1.807) is 17.7 Å². The van der Waals surface area contributed by atoms with Gasteiger partial charge >= 0.3 is 0 Å². The number of nitrogens with zero attached hydrogens (tertiary/aromatic N) is 2. The fraction of sp³-hybridized carbons (Fsp3) is 0.320. The Morgan fingerprint density at radius 1 is 1.24 bits per heavy atom. The van der Waals surface area contributed by atoms with E-state index in [0.717, 1.165) is 42.8 Å². The first-order valence-electron chi connectivity index (χ1n) is 11.0. The minimum atomic E-state index is -0.136. The Bertz CT molecular complexity index is 1190. The van der Waals surface area contributed by atoms with Crippen LogP contribution in [0, 0.1) is 0 Å². The van der Waals surface area contributed by atoms with E-state index in [2.05, 4.69) is 24.4 Å². The quantitative estimate of drug-likeness (QED) is 0.344. The highest BCUT2D eigenvalue weighted by Gasteiger charge is 2.23. The van der Waals surface area contributed by atoms with Crippen LogP contribution in [0.1, 0.15) is 31.0 Å². The van der Waals surface area contributed by atoms with Crippen molar-refractivity contribution in [2.45, 2.75) is 42.7 Å². The first-order valence-corrected chi connectivity index (χ1v) is 13.0. The number of hydrogen-bond donors (Lipinski definition) is 1. The Morgan fingerprint density at radius 3 is 2.82 bits per heavy atom. The lowest BCUT2D eigenvalue weighted by molar-refractivity contribution is -0.113. The molecule has 1 aromatic heterocycles. The predicted molar refractivity (Wildman–Crippen MR) is 135 cm³/mol. The smallest absolute Gasteiger partial charge is 0.272 e. The van der Waals surface area contributed by atoms with E-state index in [1.165, 1.54) is 29.1 Å². The SMILES string of the molecule is CCCCc1ccc(NC(=O)CSc2nc3c(c(=O)n2-c2cccc(OC)c2)SCC3)cc1. The summed E-state index contributed by atoms with van der Waals surface area (Å²) in [6.45, 7) is 2.18. The highest BCUT2D eigenvalue weighted by atomic mass is 32.2. The number of carbonyl (C=O) groups excluding carboxylic acids is 1. The van der Waals surface area contributed by atoms with Crippen LogP contribution in [-0.2, 0) is 17.6 Å². The molecule has 2 heterocycles. The van der Waals surface area contributed by atoms with Gasteiger partial charge in [-0.15, -0.1) is 11.8 Å². The van der Waals surface area contributed by atoms with Crippen molar-refractivity contribution in [3.63, 3.8) is 0 Å². The summed E-state index contributed by atoms with van der Waals surface area (Å²) < 4.78 is 6.91.